The molecule has 2 fully saturated rings. The smallest absolute Gasteiger partial charge is 0.0645 e. The van der Waals surface area contributed by atoms with Crippen LogP contribution in [0.1, 0.15) is 112 Å². The maximum atomic E-state index is 9.92. The summed E-state index contributed by atoms with van der Waals surface area (Å²) in [5.41, 5.74) is 7.59. The Hall–Kier alpha value is -9.38. The van der Waals surface area contributed by atoms with Crippen LogP contribution in [0.3, 0.4) is 0 Å². The molecule has 2 aliphatic carbocycles. The van der Waals surface area contributed by atoms with Gasteiger partial charge in [0.25, 0.3) is 0 Å². The van der Waals surface area contributed by atoms with Gasteiger partial charge in [0.2, 0.25) is 0 Å². The summed E-state index contributed by atoms with van der Waals surface area (Å²) in [5, 5.41) is 6.01. The summed E-state index contributed by atoms with van der Waals surface area (Å²) in [7, 11) is 0. The zero-order chi connectivity index (χ0) is 69.5. The summed E-state index contributed by atoms with van der Waals surface area (Å²) < 4.78 is 173. The van der Waals surface area contributed by atoms with Gasteiger partial charge in [0, 0.05) is 65.6 Å². The van der Waals surface area contributed by atoms with Gasteiger partial charge in [-0.3, -0.25) is 0 Å². The quantitative estimate of drug-likeness (QED) is 0.136. The maximum absolute atomic E-state index is 9.92. The molecule has 15 aromatic rings. The number of hydrogen-bond acceptors (Lipinski definition) is 2. The van der Waals surface area contributed by atoms with Crippen molar-refractivity contribution < 1.29 is 24.7 Å². The van der Waals surface area contributed by atoms with Crippen molar-refractivity contribution in [3.8, 4) is 22.3 Å². The Balaban J connectivity index is 1.02. The lowest BCUT2D eigenvalue weighted by molar-refractivity contribution is 0.444. The SMILES string of the molecule is [2H]c1c([2H])c([2H])c(N(c2c([2H])c([2H])c([2H])c([2H])c2-c2ccccc2)c2ccc3c4cc5c(cc4n4c6ccc(C7CCCCC7)cc6c2c34)c2ccc(N(c3c([2H])c([2H])c([2H])c([2H])c3[2H])c3c([2H])c([2H])c([2H])c([2H])c3-c3ccccc3)c3c4cc(C6CCCCC6)ccc4n5c23)c([2H])c1[2H]. The second-order valence-electron chi connectivity index (χ2n) is 22.3. The molecule has 394 valence electrons. The highest BCUT2D eigenvalue weighted by Crippen LogP contribution is 2.54. The largest absolute Gasteiger partial charge is 0.309 e. The van der Waals surface area contributed by atoms with Crippen molar-refractivity contribution >= 4 is 110 Å². The molecule has 4 aromatic heterocycles. The van der Waals surface area contributed by atoms with Crippen molar-refractivity contribution in [2.45, 2.75) is 76.0 Å². The third-order valence-electron chi connectivity index (χ3n) is 18.0. The van der Waals surface area contributed by atoms with E-state index in [0.29, 0.717) is 33.3 Å². The van der Waals surface area contributed by atoms with Crippen LogP contribution in [0.25, 0.3) is 98.4 Å². The van der Waals surface area contributed by atoms with Crippen LogP contribution in [0.5, 0.6) is 0 Å². The Kier molecular flexibility index (Phi) is 7.65. The molecule has 2 saturated carbocycles. The molecule has 4 heterocycles. The summed E-state index contributed by atoms with van der Waals surface area (Å²) in [4.78, 5) is 2.93. The zero-order valence-corrected chi connectivity index (χ0v) is 44.7. The van der Waals surface area contributed by atoms with E-state index in [2.05, 4.69) is 57.3 Å². The van der Waals surface area contributed by atoms with Crippen LogP contribution in [0.4, 0.5) is 34.1 Å². The Morgan fingerprint density at radius 2 is 0.732 bits per heavy atom. The number of aromatic nitrogens is 2. The molecule has 0 spiro atoms. The van der Waals surface area contributed by atoms with Crippen molar-refractivity contribution in [2.75, 3.05) is 9.80 Å². The van der Waals surface area contributed by atoms with E-state index < -0.39 is 96.7 Å². The highest BCUT2D eigenvalue weighted by Gasteiger charge is 2.31. The molecule has 4 heteroatoms. The molecular formula is C78H62N4. The van der Waals surface area contributed by atoms with Gasteiger partial charge in [-0.2, -0.15) is 0 Å². The predicted octanol–water partition coefficient (Wildman–Crippen LogP) is 22.4. The van der Waals surface area contributed by atoms with E-state index >= 15 is 0 Å². The lowest BCUT2D eigenvalue weighted by atomic mass is 9.83. The minimum Gasteiger partial charge on any atom is -0.309 e. The first-order chi connectivity index (χ1) is 48.2. The van der Waals surface area contributed by atoms with E-state index in [4.69, 9.17) is 11.0 Å². The number of benzene rings is 11. The van der Waals surface area contributed by atoms with E-state index in [0.717, 1.165) is 141 Å². The summed E-state index contributed by atoms with van der Waals surface area (Å²) in [5.74, 6) is 0.458. The lowest BCUT2D eigenvalue weighted by Crippen LogP contribution is -2.11. The van der Waals surface area contributed by atoms with E-state index in [1.807, 2.05) is 24.3 Å². The first kappa shape index (κ1) is 32.8. The molecule has 11 aromatic carbocycles. The molecule has 17 rings (SSSR count). The van der Waals surface area contributed by atoms with Crippen molar-refractivity contribution in [1.29, 1.82) is 0 Å². The number of hydrogen-bond donors (Lipinski definition) is 0. The summed E-state index contributed by atoms with van der Waals surface area (Å²) in [6.45, 7) is 0. The molecule has 0 unspecified atom stereocenters. The second-order valence-corrected chi connectivity index (χ2v) is 22.3. The molecule has 0 atom stereocenters. The molecule has 0 aliphatic heterocycles. The fourth-order valence-corrected chi connectivity index (χ4v) is 14.4. The Morgan fingerprint density at radius 3 is 1.16 bits per heavy atom. The normalized spacial score (nSPS) is 17.8. The van der Waals surface area contributed by atoms with Crippen LogP contribution in [-0.4, -0.2) is 8.80 Å². The van der Waals surface area contributed by atoms with Crippen LogP contribution >= 0.6 is 0 Å². The molecule has 0 saturated heterocycles. The number of nitrogens with zero attached hydrogens (tertiary/aromatic N) is 4. The first-order valence-corrected chi connectivity index (χ1v) is 28.7. The van der Waals surface area contributed by atoms with Crippen LogP contribution in [-0.2, 0) is 0 Å². The summed E-state index contributed by atoms with van der Waals surface area (Å²) in [6, 6.07) is 32.5. The van der Waals surface area contributed by atoms with Gasteiger partial charge in [-0.15, -0.1) is 0 Å². The average molecular weight is 1070 g/mol. The fourth-order valence-electron chi connectivity index (χ4n) is 14.4. The number of fused-ring (bicyclic) bond motifs is 12. The van der Waals surface area contributed by atoms with Crippen molar-refractivity contribution in [1.82, 2.24) is 8.80 Å². The molecule has 82 heavy (non-hydrogen) atoms. The maximum Gasteiger partial charge on any atom is 0.0645 e. The van der Waals surface area contributed by atoms with Crippen molar-refractivity contribution in [2.24, 2.45) is 0 Å². The van der Waals surface area contributed by atoms with Crippen LogP contribution in [0.15, 0.2) is 242 Å². The van der Waals surface area contributed by atoms with Gasteiger partial charge in [0.05, 0.1) is 80.5 Å². The van der Waals surface area contributed by atoms with Gasteiger partial charge >= 0.3 is 0 Å². The van der Waals surface area contributed by atoms with Crippen molar-refractivity contribution in [3.63, 3.8) is 0 Å². The van der Waals surface area contributed by atoms with E-state index in [1.54, 1.807) is 60.7 Å². The Bertz CT molecular complexity index is 5570. The zero-order valence-electron chi connectivity index (χ0n) is 62.7. The Morgan fingerprint density at radius 1 is 0.329 bits per heavy atom. The molecule has 4 nitrogen and oxygen atoms in total. The number of para-hydroxylation sites is 4. The summed E-state index contributed by atoms with van der Waals surface area (Å²) >= 11 is 0. The molecule has 0 amide bonds. The standard InChI is InChI=1S/C78H62N4/c1-7-23-51(24-8-1)55-39-43-69-65(47-55)75-71(79(57-31-15-5-16-32-57)67-37-21-19-35-59(67)53-27-11-3-12-28-53)45-41-61-63-50-74-64(49-73(63)81(69)77(61)75)62-42-46-72(76-66-48-56(52-25-9-2-10-26-52)40-44-70(66)82(74)78(62)76)80(58-33-17-6-18-34-58)68-38-22-20-36-60(68)54-29-13-4-14-30-54/h3-6,11-22,27-52H,1-2,7-10,23-26H2/i5D,6D,15D,16D,17D,18D,19D,20D,21D,22D,31D,32D,33D,34D,35D,36D,37D,38D. The number of anilines is 6. The van der Waals surface area contributed by atoms with Gasteiger partial charge in [-0.1, -0.05) is 196 Å². The number of rotatable bonds is 10. The minimum absolute atomic E-state index is 0.0658. The van der Waals surface area contributed by atoms with Crippen LogP contribution in [0.2, 0.25) is 0 Å². The van der Waals surface area contributed by atoms with E-state index in [1.165, 1.54) is 9.80 Å². The summed E-state index contributed by atoms with van der Waals surface area (Å²) in [6.07, 6.45) is 10.4. The molecule has 2 aliphatic rings. The van der Waals surface area contributed by atoms with Crippen molar-refractivity contribution in [3.05, 3.63) is 253 Å². The lowest BCUT2D eigenvalue weighted by Gasteiger charge is -2.29. The molecule has 0 radical (unpaired) electrons. The van der Waals surface area contributed by atoms with Gasteiger partial charge in [-0.25, -0.2) is 0 Å². The monoisotopic (exact) mass is 1070 g/mol. The van der Waals surface area contributed by atoms with Crippen LogP contribution < -0.4 is 9.80 Å². The van der Waals surface area contributed by atoms with Gasteiger partial charge in [0.15, 0.2) is 0 Å². The fraction of sp³-hybridized carbons (Fsp3) is 0.154. The first-order valence-electron chi connectivity index (χ1n) is 37.7. The third kappa shape index (κ3) is 7.29. The average Bonchev–Trinajstić information content (AvgIpc) is 1.54. The second kappa shape index (κ2) is 19.1. The van der Waals surface area contributed by atoms with E-state index in [9.17, 15) is 13.7 Å². The minimum atomic E-state index is -0.626. The van der Waals surface area contributed by atoms with Crippen LogP contribution in [0, 0.1) is 0 Å². The topological polar surface area (TPSA) is 15.3 Å². The molecule has 0 bridgehead atoms. The van der Waals surface area contributed by atoms with Gasteiger partial charge < -0.3 is 18.6 Å². The molecular weight excluding hydrogens is 993 g/mol. The Labute approximate surface area is 503 Å². The predicted molar refractivity (Wildman–Crippen MR) is 348 cm³/mol. The van der Waals surface area contributed by atoms with Gasteiger partial charge in [-0.05, 0) is 145 Å². The highest BCUT2D eigenvalue weighted by atomic mass is 15.2. The third-order valence-corrected chi connectivity index (χ3v) is 18.0. The highest BCUT2D eigenvalue weighted by molar-refractivity contribution is 6.32. The van der Waals surface area contributed by atoms with E-state index in [-0.39, 0.29) is 57.8 Å². The molecule has 0 N–H and O–H groups in total. The van der Waals surface area contributed by atoms with Gasteiger partial charge in [0.1, 0.15) is 0 Å².